The summed E-state index contributed by atoms with van der Waals surface area (Å²) in [7, 11) is 0. The van der Waals surface area contributed by atoms with Crippen molar-refractivity contribution >= 4 is 17.5 Å². The van der Waals surface area contributed by atoms with Gasteiger partial charge >= 0.3 is 11.8 Å². The van der Waals surface area contributed by atoms with E-state index in [1.54, 1.807) is 6.07 Å². The van der Waals surface area contributed by atoms with Crippen LogP contribution in [0.15, 0.2) is 18.2 Å². The summed E-state index contributed by atoms with van der Waals surface area (Å²) in [6, 6.07) is 5.62. The molecule has 0 bridgehead atoms. The van der Waals surface area contributed by atoms with Gasteiger partial charge < -0.3 is 20.1 Å². The first-order valence-electron chi connectivity index (χ1n) is 7.87. The predicted molar refractivity (Wildman–Crippen MR) is 89.2 cm³/mol. The number of nitrogens with one attached hydrogen (secondary N) is 2. The first-order valence-corrected chi connectivity index (χ1v) is 7.87. The molecule has 1 aromatic carbocycles. The maximum absolute atomic E-state index is 11.9. The standard InChI is InChI=1S/C17H26N2O4/c1-5-22-15(23-6-2)9-10-18-16(20)17(21)19-14-8-7-12(3)11-13(14)4/h7-8,11,15H,5-6,9-10H2,1-4H3,(H,18,20)(H,19,21). The van der Waals surface area contributed by atoms with Crippen LogP contribution in [-0.2, 0) is 19.1 Å². The zero-order chi connectivity index (χ0) is 17.2. The van der Waals surface area contributed by atoms with Gasteiger partial charge in [0, 0.05) is 31.9 Å². The number of benzene rings is 1. The topological polar surface area (TPSA) is 76.7 Å². The number of rotatable bonds is 8. The molecule has 1 rings (SSSR count). The molecule has 0 fully saturated rings. The van der Waals surface area contributed by atoms with Crippen LogP contribution in [0.3, 0.4) is 0 Å². The molecule has 2 N–H and O–H groups in total. The summed E-state index contributed by atoms with van der Waals surface area (Å²) >= 11 is 0. The molecule has 0 radical (unpaired) electrons. The van der Waals surface area contributed by atoms with E-state index in [1.807, 2.05) is 39.8 Å². The number of ether oxygens (including phenoxy) is 2. The van der Waals surface area contributed by atoms with E-state index in [2.05, 4.69) is 10.6 Å². The van der Waals surface area contributed by atoms with Crippen molar-refractivity contribution in [3.05, 3.63) is 29.3 Å². The minimum Gasteiger partial charge on any atom is -0.353 e. The molecule has 1 aromatic rings. The van der Waals surface area contributed by atoms with Gasteiger partial charge in [0.05, 0.1) is 0 Å². The molecule has 0 spiro atoms. The van der Waals surface area contributed by atoms with Gasteiger partial charge in [-0.05, 0) is 39.3 Å². The van der Waals surface area contributed by atoms with Crippen molar-refractivity contribution < 1.29 is 19.1 Å². The van der Waals surface area contributed by atoms with Crippen molar-refractivity contribution in [3.8, 4) is 0 Å². The highest BCUT2D eigenvalue weighted by Gasteiger charge is 2.15. The maximum atomic E-state index is 11.9. The SMILES string of the molecule is CCOC(CCNC(=O)C(=O)Nc1ccc(C)cc1C)OCC. The third-order valence-electron chi connectivity index (χ3n) is 3.21. The summed E-state index contributed by atoms with van der Waals surface area (Å²) in [5.74, 6) is -1.35. The summed E-state index contributed by atoms with van der Waals surface area (Å²) in [4.78, 5) is 23.7. The summed E-state index contributed by atoms with van der Waals surface area (Å²) in [5.41, 5.74) is 2.65. The Hall–Kier alpha value is -1.92. The van der Waals surface area contributed by atoms with E-state index >= 15 is 0 Å². The van der Waals surface area contributed by atoms with Gasteiger partial charge in [-0.3, -0.25) is 9.59 Å². The highest BCUT2D eigenvalue weighted by molar-refractivity contribution is 6.39. The fraction of sp³-hybridized carbons (Fsp3) is 0.529. The minimum absolute atomic E-state index is 0.309. The Morgan fingerprint density at radius 2 is 1.74 bits per heavy atom. The average molecular weight is 322 g/mol. The van der Waals surface area contributed by atoms with Crippen molar-refractivity contribution in [2.24, 2.45) is 0 Å². The van der Waals surface area contributed by atoms with Crippen LogP contribution in [0.25, 0.3) is 0 Å². The van der Waals surface area contributed by atoms with Gasteiger partial charge in [0.2, 0.25) is 0 Å². The fourth-order valence-corrected chi connectivity index (χ4v) is 2.10. The molecule has 0 aliphatic carbocycles. The average Bonchev–Trinajstić information content (AvgIpc) is 2.50. The number of amides is 2. The van der Waals surface area contributed by atoms with Crippen molar-refractivity contribution in [1.29, 1.82) is 0 Å². The van der Waals surface area contributed by atoms with E-state index in [0.717, 1.165) is 11.1 Å². The number of hydrogen-bond donors (Lipinski definition) is 2. The molecule has 2 amide bonds. The van der Waals surface area contributed by atoms with E-state index in [1.165, 1.54) is 0 Å². The fourth-order valence-electron chi connectivity index (χ4n) is 2.10. The molecule has 0 aromatic heterocycles. The molecule has 0 saturated carbocycles. The molecule has 6 nitrogen and oxygen atoms in total. The third kappa shape index (κ3) is 6.80. The highest BCUT2D eigenvalue weighted by Crippen LogP contribution is 2.15. The lowest BCUT2D eigenvalue weighted by molar-refractivity contribution is -0.142. The molecular formula is C17H26N2O4. The van der Waals surface area contributed by atoms with Gasteiger partial charge in [-0.25, -0.2) is 0 Å². The Morgan fingerprint density at radius 3 is 2.30 bits per heavy atom. The van der Waals surface area contributed by atoms with Gasteiger partial charge in [-0.15, -0.1) is 0 Å². The molecule has 0 heterocycles. The van der Waals surface area contributed by atoms with Crippen molar-refractivity contribution in [2.45, 2.75) is 40.4 Å². The van der Waals surface area contributed by atoms with Gasteiger partial charge in [0.25, 0.3) is 0 Å². The predicted octanol–water partition coefficient (Wildman–Crippen LogP) is 2.15. The molecule has 0 saturated heterocycles. The number of aryl methyl sites for hydroxylation is 2. The molecular weight excluding hydrogens is 296 g/mol. The summed E-state index contributed by atoms with van der Waals surface area (Å²) < 4.78 is 10.7. The second kappa shape index (κ2) is 9.97. The van der Waals surface area contributed by atoms with E-state index < -0.39 is 11.8 Å². The number of hydrogen-bond acceptors (Lipinski definition) is 4. The molecule has 0 aliphatic rings. The lowest BCUT2D eigenvalue weighted by Crippen LogP contribution is -2.37. The van der Waals surface area contributed by atoms with Crippen LogP contribution in [0.1, 0.15) is 31.4 Å². The van der Waals surface area contributed by atoms with Crippen LogP contribution in [0, 0.1) is 13.8 Å². The Balaban J connectivity index is 2.43. The van der Waals surface area contributed by atoms with Crippen molar-refractivity contribution in [3.63, 3.8) is 0 Å². The minimum atomic E-state index is -0.679. The molecule has 23 heavy (non-hydrogen) atoms. The smallest absolute Gasteiger partial charge is 0.313 e. The van der Waals surface area contributed by atoms with Crippen LogP contribution in [0.5, 0.6) is 0 Å². The molecule has 128 valence electrons. The Kier molecular flexibility index (Phi) is 8.29. The van der Waals surface area contributed by atoms with Crippen LogP contribution in [0.2, 0.25) is 0 Å². The van der Waals surface area contributed by atoms with E-state index in [4.69, 9.17) is 9.47 Å². The van der Waals surface area contributed by atoms with Crippen LogP contribution < -0.4 is 10.6 Å². The largest absolute Gasteiger partial charge is 0.353 e. The maximum Gasteiger partial charge on any atom is 0.313 e. The first kappa shape index (κ1) is 19.1. The second-order valence-electron chi connectivity index (χ2n) is 5.16. The first-order chi connectivity index (χ1) is 11.0. The highest BCUT2D eigenvalue weighted by atomic mass is 16.7. The Bertz CT molecular complexity index is 525. The molecule has 0 unspecified atom stereocenters. The van der Waals surface area contributed by atoms with Gasteiger partial charge in [0.15, 0.2) is 6.29 Å². The zero-order valence-electron chi connectivity index (χ0n) is 14.3. The van der Waals surface area contributed by atoms with Crippen molar-refractivity contribution in [2.75, 3.05) is 25.1 Å². The van der Waals surface area contributed by atoms with Gasteiger partial charge in [0.1, 0.15) is 0 Å². The monoisotopic (exact) mass is 322 g/mol. The van der Waals surface area contributed by atoms with Crippen LogP contribution >= 0.6 is 0 Å². The number of carbonyl (C=O) groups excluding carboxylic acids is 2. The summed E-state index contributed by atoms with van der Waals surface area (Å²) in [5, 5.41) is 5.18. The van der Waals surface area contributed by atoms with E-state index in [-0.39, 0.29) is 6.29 Å². The van der Waals surface area contributed by atoms with Gasteiger partial charge in [-0.1, -0.05) is 17.7 Å². The van der Waals surface area contributed by atoms with Crippen LogP contribution in [-0.4, -0.2) is 37.9 Å². The van der Waals surface area contributed by atoms with Crippen molar-refractivity contribution in [1.82, 2.24) is 5.32 Å². The normalized spacial score (nSPS) is 10.7. The number of anilines is 1. The lowest BCUT2D eigenvalue weighted by atomic mass is 10.1. The lowest BCUT2D eigenvalue weighted by Gasteiger charge is -2.17. The molecule has 0 atom stereocenters. The number of carbonyl (C=O) groups is 2. The van der Waals surface area contributed by atoms with Crippen LogP contribution in [0.4, 0.5) is 5.69 Å². The van der Waals surface area contributed by atoms with E-state index in [0.29, 0.717) is 31.9 Å². The summed E-state index contributed by atoms with van der Waals surface area (Å²) in [6.45, 7) is 8.99. The Morgan fingerprint density at radius 1 is 1.09 bits per heavy atom. The molecule has 6 heteroatoms. The van der Waals surface area contributed by atoms with Gasteiger partial charge in [-0.2, -0.15) is 0 Å². The van der Waals surface area contributed by atoms with E-state index in [9.17, 15) is 9.59 Å². The molecule has 0 aliphatic heterocycles. The Labute approximate surface area is 137 Å². The quantitative estimate of drug-likeness (QED) is 0.568. The summed E-state index contributed by atoms with van der Waals surface area (Å²) in [6.07, 6.45) is 0.122. The third-order valence-corrected chi connectivity index (χ3v) is 3.21. The second-order valence-corrected chi connectivity index (χ2v) is 5.16. The zero-order valence-corrected chi connectivity index (χ0v) is 14.3.